The Kier molecular flexibility index (Phi) is 4.04. The van der Waals surface area contributed by atoms with Crippen LogP contribution in [0.1, 0.15) is 30.0 Å². The molecular weight excluding hydrogens is 253 g/mol. The number of hydrogen-bond donors (Lipinski definition) is 1. The monoisotopic (exact) mass is 267 g/mol. The summed E-state index contributed by atoms with van der Waals surface area (Å²) in [5.74, 6) is 1.16. The van der Waals surface area contributed by atoms with Crippen LogP contribution < -0.4 is 5.32 Å². The maximum Gasteiger partial charge on any atom is 0.147 e. The number of aryl methyl sites for hydroxylation is 1. The van der Waals surface area contributed by atoms with E-state index in [2.05, 4.69) is 5.32 Å². The summed E-state index contributed by atoms with van der Waals surface area (Å²) < 4.78 is 19.7. The highest BCUT2D eigenvalue weighted by Crippen LogP contribution is 2.29. The van der Waals surface area contributed by atoms with Crippen molar-refractivity contribution in [3.8, 4) is 0 Å². The summed E-state index contributed by atoms with van der Waals surface area (Å²) >= 11 is 5.80. The standard InChI is InChI=1S/C14H15ClFNO/c1-3-9-7-8-12(18-9)14(17-2)10-5-4-6-11(15)13(10)16/h4-8,14,17H,3H2,1-2H3. The SMILES string of the molecule is CCc1ccc(C(NC)c2cccc(Cl)c2F)o1. The van der Waals surface area contributed by atoms with Crippen LogP contribution in [0.25, 0.3) is 0 Å². The van der Waals surface area contributed by atoms with Crippen LogP contribution in [0.2, 0.25) is 5.02 Å². The van der Waals surface area contributed by atoms with Crippen molar-refractivity contribution >= 4 is 11.6 Å². The van der Waals surface area contributed by atoms with Crippen LogP contribution in [0.5, 0.6) is 0 Å². The molecule has 0 fully saturated rings. The Bertz CT molecular complexity index is 538. The molecule has 0 saturated carbocycles. The molecule has 2 nitrogen and oxygen atoms in total. The van der Waals surface area contributed by atoms with Crippen molar-refractivity contribution in [2.45, 2.75) is 19.4 Å². The Hall–Kier alpha value is -1.32. The van der Waals surface area contributed by atoms with Gasteiger partial charge >= 0.3 is 0 Å². The van der Waals surface area contributed by atoms with Crippen molar-refractivity contribution in [1.29, 1.82) is 0 Å². The molecule has 1 unspecified atom stereocenters. The fraction of sp³-hybridized carbons (Fsp3) is 0.286. The second-order valence-corrected chi connectivity index (χ2v) is 4.43. The molecule has 0 saturated heterocycles. The fourth-order valence-corrected chi connectivity index (χ4v) is 2.12. The van der Waals surface area contributed by atoms with E-state index in [9.17, 15) is 4.39 Å². The van der Waals surface area contributed by atoms with E-state index in [-0.39, 0.29) is 11.1 Å². The minimum absolute atomic E-state index is 0.120. The van der Waals surface area contributed by atoms with Crippen molar-refractivity contribution in [1.82, 2.24) is 5.32 Å². The van der Waals surface area contributed by atoms with Crippen molar-refractivity contribution in [2.24, 2.45) is 0 Å². The Balaban J connectivity index is 2.41. The summed E-state index contributed by atoms with van der Waals surface area (Å²) in [4.78, 5) is 0. The second kappa shape index (κ2) is 5.55. The van der Waals surface area contributed by atoms with E-state index >= 15 is 0 Å². The predicted octanol–water partition coefficient (Wildman–Crippen LogP) is 3.94. The highest BCUT2D eigenvalue weighted by atomic mass is 35.5. The van der Waals surface area contributed by atoms with E-state index in [1.807, 2.05) is 19.1 Å². The maximum atomic E-state index is 14.0. The van der Waals surface area contributed by atoms with Crippen molar-refractivity contribution < 1.29 is 8.81 Å². The minimum Gasteiger partial charge on any atom is -0.464 e. The average molecular weight is 268 g/mol. The van der Waals surface area contributed by atoms with E-state index in [4.69, 9.17) is 16.0 Å². The molecule has 0 amide bonds. The molecule has 1 heterocycles. The first-order valence-electron chi connectivity index (χ1n) is 5.87. The highest BCUT2D eigenvalue weighted by molar-refractivity contribution is 6.30. The van der Waals surface area contributed by atoms with Crippen molar-refractivity contribution in [3.05, 3.63) is 58.3 Å². The Morgan fingerprint density at radius 2 is 2.11 bits per heavy atom. The zero-order chi connectivity index (χ0) is 13.1. The van der Waals surface area contributed by atoms with Gasteiger partial charge in [0.05, 0.1) is 11.1 Å². The molecule has 0 aliphatic heterocycles. The zero-order valence-electron chi connectivity index (χ0n) is 10.3. The summed E-state index contributed by atoms with van der Waals surface area (Å²) in [6.45, 7) is 2.01. The molecule has 1 N–H and O–H groups in total. The van der Waals surface area contributed by atoms with E-state index in [0.717, 1.165) is 12.2 Å². The number of hydrogen-bond acceptors (Lipinski definition) is 2. The van der Waals surface area contributed by atoms with Gasteiger partial charge in [0.15, 0.2) is 0 Å². The highest BCUT2D eigenvalue weighted by Gasteiger charge is 2.20. The summed E-state index contributed by atoms with van der Waals surface area (Å²) in [5, 5.41) is 3.17. The quantitative estimate of drug-likeness (QED) is 0.908. The van der Waals surface area contributed by atoms with Crippen LogP contribution in [0, 0.1) is 5.82 Å². The van der Waals surface area contributed by atoms with Gasteiger partial charge in [0.1, 0.15) is 17.3 Å². The molecule has 2 aromatic rings. The van der Waals surface area contributed by atoms with Gasteiger partial charge < -0.3 is 9.73 Å². The van der Waals surface area contributed by atoms with E-state index in [1.54, 1.807) is 19.2 Å². The number of rotatable bonds is 4. The van der Waals surface area contributed by atoms with Gasteiger partial charge in [0, 0.05) is 12.0 Å². The van der Waals surface area contributed by atoms with Gasteiger partial charge in [-0.05, 0) is 25.2 Å². The predicted molar refractivity (Wildman–Crippen MR) is 70.4 cm³/mol. The summed E-state index contributed by atoms with van der Waals surface area (Å²) in [6.07, 6.45) is 0.814. The number of benzene rings is 1. The lowest BCUT2D eigenvalue weighted by Crippen LogP contribution is -2.18. The van der Waals surface area contributed by atoms with Gasteiger partial charge in [0.2, 0.25) is 0 Å². The first-order valence-corrected chi connectivity index (χ1v) is 6.25. The zero-order valence-corrected chi connectivity index (χ0v) is 11.1. The molecule has 2 rings (SSSR count). The Morgan fingerprint density at radius 3 is 2.72 bits per heavy atom. The van der Waals surface area contributed by atoms with Crippen molar-refractivity contribution in [2.75, 3.05) is 7.05 Å². The molecule has 0 aliphatic rings. The molecule has 1 aromatic heterocycles. The number of furan rings is 1. The third-order valence-electron chi connectivity index (χ3n) is 2.90. The van der Waals surface area contributed by atoms with Gasteiger partial charge in [-0.15, -0.1) is 0 Å². The average Bonchev–Trinajstić information content (AvgIpc) is 2.84. The van der Waals surface area contributed by atoms with Crippen LogP contribution in [0.4, 0.5) is 4.39 Å². The minimum atomic E-state index is -0.409. The second-order valence-electron chi connectivity index (χ2n) is 4.02. The van der Waals surface area contributed by atoms with Gasteiger partial charge in [0.25, 0.3) is 0 Å². The van der Waals surface area contributed by atoms with E-state index in [1.165, 1.54) is 6.07 Å². The number of halogens is 2. The first kappa shape index (κ1) is 13.1. The van der Waals surface area contributed by atoms with Crippen LogP contribution in [-0.2, 0) is 6.42 Å². The molecule has 0 radical (unpaired) electrons. The third kappa shape index (κ3) is 2.42. The molecule has 0 aliphatic carbocycles. The fourth-order valence-electron chi connectivity index (χ4n) is 1.93. The molecule has 1 aromatic carbocycles. The lowest BCUT2D eigenvalue weighted by molar-refractivity contribution is 0.427. The Morgan fingerprint density at radius 1 is 1.33 bits per heavy atom. The molecule has 4 heteroatoms. The topological polar surface area (TPSA) is 25.2 Å². The molecule has 96 valence electrons. The van der Waals surface area contributed by atoms with E-state index < -0.39 is 5.82 Å². The van der Waals surface area contributed by atoms with Gasteiger partial charge in [-0.2, -0.15) is 0 Å². The van der Waals surface area contributed by atoms with Crippen molar-refractivity contribution in [3.63, 3.8) is 0 Å². The maximum absolute atomic E-state index is 14.0. The molecule has 0 spiro atoms. The molecule has 1 atom stereocenters. The van der Waals surface area contributed by atoms with Gasteiger partial charge in [-0.25, -0.2) is 4.39 Å². The molecule has 18 heavy (non-hydrogen) atoms. The van der Waals surface area contributed by atoms with Crippen LogP contribution in [-0.4, -0.2) is 7.05 Å². The van der Waals surface area contributed by atoms with Crippen LogP contribution in [0.15, 0.2) is 34.7 Å². The Labute approximate surface area is 111 Å². The molecular formula is C14H15ClFNO. The summed E-state index contributed by atoms with van der Waals surface area (Å²) in [6, 6.07) is 8.41. The lowest BCUT2D eigenvalue weighted by Gasteiger charge is -2.15. The largest absolute Gasteiger partial charge is 0.464 e. The first-order chi connectivity index (χ1) is 8.67. The lowest BCUT2D eigenvalue weighted by atomic mass is 10.0. The summed E-state index contributed by atoms with van der Waals surface area (Å²) in [5.41, 5.74) is 0.488. The van der Waals surface area contributed by atoms with Gasteiger partial charge in [-0.1, -0.05) is 30.7 Å². The normalized spacial score (nSPS) is 12.7. The smallest absolute Gasteiger partial charge is 0.147 e. The third-order valence-corrected chi connectivity index (χ3v) is 3.19. The van der Waals surface area contributed by atoms with Crippen LogP contribution >= 0.6 is 11.6 Å². The van der Waals surface area contributed by atoms with Gasteiger partial charge in [-0.3, -0.25) is 0 Å². The summed E-state index contributed by atoms with van der Waals surface area (Å²) in [7, 11) is 1.76. The van der Waals surface area contributed by atoms with Crippen LogP contribution in [0.3, 0.4) is 0 Å². The molecule has 0 bridgehead atoms. The number of nitrogens with one attached hydrogen (secondary N) is 1. The van der Waals surface area contributed by atoms with E-state index in [0.29, 0.717) is 11.3 Å².